The van der Waals surface area contributed by atoms with Crippen LogP contribution in [0.4, 0.5) is 17.1 Å². The summed E-state index contributed by atoms with van der Waals surface area (Å²) in [7, 11) is 0. The van der Waals surface area contributed by atoms with Crippen molar-refractivity contribution in [3.63, 3.8) is 0 Å². The number of anilines is 2. The summed E-state index contributed by atoms with van der Waals surface area (Å²) >= 11 is 0. The largest absolute Gasteiger partial charge is 0.396 e. The van der Waals surface area contributed by atoms with Gasteiger partial charge in [0.1, 0.15) is 5.69 Å². The smallest absolute Gasteiger partial charge is 0.292 e. The van der Waals surface area contributed by atoms with Crippen LogP contribution in [-0.4, -0.2) is 29.1 Å². The van der Waals surface area contributed by atoms with Gasteiger partial charge < -0.3 is 15.7 Å². The second kappa shape index (κ2) is 5.00. The summed E-state index contributed by atoms with van der Waals surface area (Å²) in [4.78, 5) is 22.1. The Morgan fingerprint density at radius 2 is 2.19 bits per heavy atom. The molecule has 0 aromatic heterocycles. The highest BCUT2D eigenvalue weighted by Gasteiger charge is 2.42. The van der Waals surface area contributed by atoms with E-state index in [1.807, 2.05) is 0 Å². The van der Waals surface area contributed by atoms with Gasteiger partial charge in [-0.2, -0.15) is 0 Å². The highest BCUT2D eigenvalue weighted by molar-refractivity contribution is 6.00. The van der Waals surface area contributed by atoms with Crippen LogP contribution in [0, 0.1) is 15.5 Å². The first-order valence-electron chi connectivity index (χ1n) is 6.99. The summed E-state index contributed by atoms with van der Waals surface area (Å²) in [6.07, 6.45) is 2.94. The molecule has 0 spiro atoms. The van der Waals surface area contributed by atoms with Crippen LogP contribution in [-0.2, 0) is 11.2 Å². The summed E-state index contributed by atoms with van der Waals surface area (Å²) in [6.45, 7) is 0.727. The zero-order valence-electron chi connectivity index (χ0n) is 11.5. The van der Waals surface area contributed by atoms with E-state index in [-0.39, 0.29) is 30.0 Å². The molecule has 0 bridgehead atoms. The Kier molecular flexibility index (Phi) is 3.29. The summed E-state index contributed by atoms with van der Waals surface area (Å²) in [6, 6.07) is 3.09. The molecule has 3 rings (SSSR count). The highest BCUT2D eigenvalue weighted by Crippen LogP contribution is 2.49. The summed E-state index contributed by atoms with van der Waals surface area (Å²) < 4.78 is 0. The standard InChI is InChI=1S/C14H17N3O4/c18-4-3-14(1-2-14)8-15-11-7-10-9(6-13(19)16-10)5-12(11)17(20)21/h5,7,15,18H,1-4,6,8H2,(H,16,19). The van der Waals surface area contributed by atoms with Crippen molar-refractivity contribution in [2.75, 3.05) is 23.8 Å². The van der Waals surface area contributed by atoms with Gasteiger partial charge in [0, 0.05) is 24.9 Å². The zero-order valence-corrected chi connectivity index (χ0v) is 11.5. The Morgan fingerprint density at radius 1 is 1.43 bits per heavy atom. The van der Waals surface area contributed by atoms with E-state index in [9.17, 15) is 14.9 Å². The van der Waals surface area contributed by atoms with Crippen LogP contribution in [0.3, 0.4) is 0 Å². The number of hydrogen-bond acceptors (Lipinski definition) is 5. The number of aliphatic hydroxyl groups excluding tert-OH is 1. The maximum Gasteiger partial charge on any atom is 0.292 e. The van der Waals surface area contributed by atoms with Gasteiger partial charge in [-0.1, -0.05) is 0 Å². The van der Waals surface area contributed by atoms with Gasteiger partial charge in [-0.25, -0.2) is 0 Å². The zero-order chi connectivity index (χ0) is 15.0. The van der Waals surface area contributed by atoms with Crippen molar-refractivity contribution in [1.29, 1.82) is 0 Å². The predicted octanol–water partition coefficient (Wildman–Crippen LogP) is 1.66. The molecule has 3 N–H and O–H groups in total. The number of nitro benzene ring substituents is 1. The molecular formula is C14H17N3O4. The fourth-order valence-electron chi connectivity index (χ4n) is 2.77. The molecule has 1 heterocycles. The van der Waals surface area contributed by atoms with Crippen LogP contribution in [0.25, 0.3) is 0 Å². The van der Waals surface area contributed by atoms with Crippen molar-refractivity contribution in [2.45, 2.75) is 25.7 Å². The van der Waals surface area contributed by atoms with Crippen LogP contribution in [0.15, 0.2) is 12.1 Å². The number of nitrogens with zero attached hydrogens (tertiary/aromatic N) is 1. The van der Waals surface area contributed by atoms with Gasteiger partial charge in [-0.15, -0.1) is 0 Å². The first kappa shape index (κ1) is 13.8. The third-order valence-corrected chi connectivity index (χ3v) is 4.30. The number of rotatable bonds is 6. The molecule has 1 aliphatic carbocycles. The van der Waals surface area contributed by atoms with Crippen molar-refractivity contribution < 1.29 is 14.8 Å². The molecule has 0 saturated heterocycles. The molecule has 7 heteroatoms. The third kappa shape index (κ3) is 2.69. The molecular weight excluding hydrogens is 274 g/mol. The minimum Gasteiger partial charge on any atom is -0.396 e. The summed E-state index contributed by atoms with van der Waals surface area (Å²) in [5.74, 6) is -0.143. The van der Waals surface area contributed by atoms with Crippen LogP contribution >= 0.6 is 0 Å². The first-order chi connectivity index (χ1) is 10.0. The van der Waals surface area contributed by atoms with Crippen LogP contribution in [0.1, 0.15) is 24.8 Å². The number of fused-ring (bicyclic) bond motifs is 1. The molecule has 2 aliphatic rings. The first-order valence-corrected chi connectivity index (χ1v) is 6.99. The van der Waals surface area contributed by atoms with Crippen molar-refractivity contribution >= 4 is 23.0 Å². The maximum absolute atomic E-state index is 11.4. The highest BCUT2D eigenvalue weighted by atomic mass is 16.6. The van der Waals surface area contributed by atoms with Gasteiger partial charge in [-0.05, 0) is 36.3 Å². The van der Waals surface area contributed by atoms with Gasteiger partial charge >= 0.3 is 0 Å². The Bertz CT molecular complexity index is 610. The Hall–Kier alpha value is -2.15. The minimum atomic E-state index is -0.434. The van der Waals surface area contributed by atoms with Crippen molar-refractivity contribution in [3.05, 3.63) is 27.8 Å². The normalized spacial score (nSPS) is 18.0. The van der Waals surface area contributed by atoms with Gasteiger partial charge in [0.25, 0.3) is 5.69 Å². The summed E-state index contributed by atoms with van der Waals surface area (Å²) in [5.41, 5.74) is 1.77. The van der Waals surface area contributed by atoms with E-state index >= 15 is 0 Å². The molecule has 1 fully saturated rings. The quantitative estimate of drug-likeness (QED) is 0.546. The third-order valence-electron chi connectivity index (χ3n) is 4.30. The van der Waals surface area contributed by atoms with Crippen molar-refractivity contribution in [1.82, 2.24) is 0 Å². The van der Waals surface area contributed by atoms with Gasteiger partial charge in [0.15, 0.2) is 0 Å². The van der Waals surface area contributed by atoms with Crippen LogP contribution in [0.5, 0.6) is 0 Å². The van der Waals surface area contributed by atoms with E-state index in [4.69, 9.17) is 5.11 Å². The fraction of sp³-hybridized carbons (Fsp3) is 0.500. The molecule has 0 atom stereocenters. The Balaban J connectivity index is 1.82. The van der Waals surface area contributed by atoms with E-state index in [0.29, 0.717) is 29.9 Å². The summed E-state index contributed by atoms with van der Waals surface area (Å²) in [5, 5.41) is 26.1. The lowest BCUT2D eigenvalue weighted by molar-refractivity contribution is -0.384. The van der Waals surface area contributed by atoms with E-state index in [1.54, 1.807) is 6.07 Å². The molecule has 1 aromatic carbocycles. The number of benzene rings is 1. The predicted molar refractivity (Wildman–Crippen MR) is 77.3 cm³/mol. The molecule has 1 aromatic rings. The second-order valence-electron chi connectivity index (χ2n) is 5.84. The molecule has 1 aliphatic heterocycles. The van der Waals surface area contributed by atoms with Crippen LogP contribution in [0.2, 0.25) is 0 Å². The van der Waals surface area contributed by atoms with Gasteiger partial charge in [0.2, 0.25) is 5.91 Å². The lowest BCUT2D eigenvalue weighted by atomic mass is 10.0. The Morgan fingerprint density at radius 3 is 2.81 bits per heavy atom. The minimum absolute atomic E-state index is 0.00921. The average molecular weight is 291 g/mol. The number of amides is 1. The number of nitro groups is 1. The number of carbonyl (C=O) groups excluding carboxylic acids is 1. The van der Waals surface area contributed by atoms with Gasteiger partial charge in [-0.3, -0.25) is 14.9 Å². The monoisotopic (exact) mass is 291 g/mol. The second-order valence-corrected chi connectivity index (χ2v) is 5.84. The van der Waals surface area contributed by atoms with Crippen LogP contribution < -0.4 is 10.6 Å². The molecule has 7 nitrogen and oxygen atoms in total. The van der Waals surface area contributed by atoms with E-state index in [0.717, 1.165) is 12.8 Å². The molecule has 21 heavy (non-hydrogen) atoms. The molecule has 0 unspecified atom stereocenters. The number of hydrogen-bond donors (Lipinski definition) is 3. The average Bonchev–Trinajstić information content (AvgIpc) is 3.09. The molecule has 112 valence electrons. The van der Waals surface area contributed by atoms with E-state index in [2.05, 4.69) is 10.6 Å². The topological polar surface area (TPSA) is 104 Å². The number of nitrogens with one attached hydrogen (secondary N) is 2. The van der Waals surface area contributed by atoms with Crippen molar-refractivity contribution in [3.8, 4) is 0 Å². The number of carbonyl (C=O) groups is 1. The fourth-order valence-corrected chi connectivity index (χ4v) is 2.77. The molecule has 1 amide bonds. The lowest BCUT2D eigenvalue weighted by Gasteiger charge is -2.16. The van der Waals surface area contributed by atoms with E-state index in [1.165, 1.54) is 6.07 Å². The molecule has 0 radical (unpaired) electrons. The number of aliphatic hydroxyl groups is 1. The SMILES string of the molecule is O=C1Cc2cc([N+](=O)[O-])c(NCC3(CCO)CC3)cc2N1. The lowest BCUT2D eigenvalue weighted by Crippen LogP contribution is -2.17. The van der Waals surface area contributed by atoms with Gasteiger partial charge in [0.05, 0.1) is 11.3 Å². The molecule has 1 saturated carbocycles. The Labute approximate surface area is 121 Å². The maximum atomic E-state index is 11.4. The van der Waals surface area contributed by atoms with Crippen molar-refractivity contribution in [2.24, 2.45) is 5.41 Å². The van der Waals surface area contributed by atoms with E-state index < -0.39 is 4.92 Å².